The van der Waals surface area contributed by atoms with Crippen LogP contribution in [0, 0.1) is 5.92 Å². The Balaban J connectivity index is 1.33. The number of halogens is 3. The number of aromatic nitrogens is 1. The van der Waals surface area contributed by atoms with Crippen LogP contribution in [0.5, 0.6) is 5.75 Å². The summed E-state index contributed by atoms with van der Waals surface area (Å²) in [5.41, 5.74) is 6.43. The molecule has 5 rings (SSSR count). The first kappa shape index (κ1) is 25.5. The molecule has 198 valence electrons. The molecule has 2 saturated heterocycles. The number of thiazole rings is 1. The SMILES string of the molecule is NC(=C(COC1CC2CC[C@@H](C1)N2c1nc(C(=O)O)cs1)C(=O)C1CC1)c1ccccc1OC(F)(F)F. The molecule has 3 N–H and O–H groups in total. The number of nitrogens with zero attached hydrogens (tertiary/aromatic N) is 2. The number of ketones is 1. The molecule has 0 radical (unpaired) electrons. The maximum atomic E-state index is 13.1. The number of carbonyl (C=O) groups is 2. The predicted octanol–water partition coefficient (Wildman–Crippen LogP) is 4.61. The minimum absolute atomic E-state index is 0.000295. The number of rotatable bonds is 9. The van der Waals surface area contributed by atoms with E-state index in [1.165, 1.54) is 34.9 Å². The van der Waals surface area contributed by atoms with Crippen LogP contribution in [-0.4, -0.2) is 53.0 Å². The number of benzene rings is 1. The lowest BCUT2D eigenvalue weighted by atomic mass is 9.98. The molecule has 37 heavy (non-hydrogen) atoms. The van der Waals surface area contributed by atoms with Gasteiger partial charge in [0, 0.05) is 34.5 Å². The number of carboxylic acid groups (broad SMARTS) is 1. The molecule has 2 aliphatic heterocycles. The number of anilines is 1. The Bertz CT molecular complexity index is 1210. The van der Waals surface area contributed by atoms with E-state index in [1.807, 2.05) is 0 Å². The number of piperidine rings is 1. The van der Waals surface area contributed by atoms with Crippen LogP contribution in [0.25, 0.3) is 5.70 Å². The molecule has 2 bridgehead atoms. The summed E-state index contributed by atoms with van der Waals surface area (Å²) in [5, 5.41) is 11.4. The number of hydrogen-bond acceptors (Lipinski definition) is 8. The quantitative estimate of drug-likeness (QED) is 0.446. The topological polar surface area (TPSA) is 115 Å². The van der Waals surface area contributed by atoms with Crippen LogP contribution in [0.4, 0.5) is 18.3 Å². The van der Waals surface area contributed by atoms with Crippen molar-refractivity contribution >= 4 is 33.9 Å². The van der Waals surface area contributed by atoms with Gasteiger partial charge in [-0.15, -0.1) is 24.5 Å². The zero-order valence-corrected chi connectivity index (χ0v) is 20.6. The Morgan fingerprint density at radius 2 is 1.81 bits per heavy atom. The van der Waals surface area contributed by atoms with Gasteiger partial charge in [0.2, 0.25) is 0 Å². The molecular weight excluding hydrogens is 511 g/mol. The molecule has 3 aliphatic rings. The van der Waals surface area contributed by atoms with E-state index in [2.05, 4.69) is 14.6 Å². The number of Topliss-reactive ketones (excluding diaryl/α,β-unsaturated/α-hetero) is 1. The van der Waals surface area contributed by atoms with E-state index >= 15 is 0 Å². The number of ether oxygens (including phenoxy) is 2. The zero-order chi connectivity index (χ0) is 26.3. The van der Waals surface area contributed by atoms with Crippen LogP contribution in [0.2, 0.25) is 0 Å². The predicted molar refractivity (Wildman–Crippen MR) is 129 cm³/mol. The Hall–Kier alpha value is -3.12. The van der Waals surface area contributed by atoms with Crippen molar-refractivity contribution in [3.63, 3.8) is 0 Å². The number of nitrogens with two attached hydrogens (primary N) is 1. The summed E-state index contributed by atoms with van der Waals surface area (Å²) in [4.78, 5) is 30.7. The van der Waals surface area contributed by atoms with Gasteiger partial charge in [0.25, 0.3) is 0 Å². The average molecular weight is 538 g/mol. The third-order valence-corrected chi connectivity index (χ3v) is 7.91. The second kappa shape index (κ2) is 9.97. The van der Waals surface area contributed by atoms with Gasteiger partial charge < -0.3 is 25.2 Å². The summed E-state index contributed by atoms with van der Waals surface area (Å²) in [6, 6.07) is 5.75. The first-order valence-electron chi connectivity index (χ1n) is 12.1. The highest BCUT2D eigenvalue weighted by Crippen LogP contribution is 2.42. The second-order valence-corrected chi connectivity index (χ2v) is 10.4. The van der Waals surface area contributed by atoms with Crippen LogP contribution in [0.1, 0.15) is 54.6 Å². The molecule has 3 fully saturated rings. The van der Waals surface area contributed by atoms with E-state index in [-0.39, 0.29) is 59.0 Å². The smallest absolute Gasteiger partial charge is 0.476 e. The number of para-hydroxylation sites is 1. The number of alkyl halides is 3. The van der Waals surface area contributed by atoms with Crippen molar-refractivity contribution in [3.05, 3.63) is 46.5 Å². The number of fused-ring (bicyclic) bond motifs is 2. The largest absolute Gasteiger partial charge is 0.573 e. The number of carbonyl (C=O) groups excluding carboxylic acids is 1. The van der Waals surface area contributed by atoms with Crippen molar-refractivity contribution in [2.75, 3.05) is 11.5 Å². The maximum absolute atomic E-state index is 13.1. The number of aromatic carboxylic acids is 1. The summed E-state index contributed by atoms with van der Waals surface area (Å²) >= 11 is 1.30. The molecule has 3 atom stereocenters. The summed E-state index contributed by atoms with van der Waals surface area (Å²) in [6.07, 6.45) is -0.488. The Kier molecular flexibility index (Phi) is 6.88. The van der Waals surface area contributed by atoms with Crippen molar-refractivity contribution in [2.24, 2.45) is 11.7 Å². The van der Waals surface area contributed by atoms with E-state index in [0.29, 0.717) is 30.8 Å². The van der Waals surface area contributed by atoms with Gasteiger partial charge in [0.05, 0.1) is 18.4 Å². The molecule has 3 heterocycles. The van der Waals surface area contributed by atoms with Crippen molar-refractivity contribution < 1.29 is 37.3 Å². The summed E-state index contributed by atoms with van der Waals surface area (Å²) in [5.74, 6) is -1.93. The van der Waals surface area contributed by atoms with Crippen LogP contribution in [-0.2, 0) is 9.53 Å². The van der Waals surface area contributed by atoms with Gasteiger partial charge in [-0.2, -0.15) is 0 Å². The molecule has 1 aliphatic carbocycles. The number of carboxylic acids is 1. The maximum Gasteiger partial charge on any atom is 0.573 e. The molecular formula is C25H26F3N3O5S. The van der Waals surface area contributed by atoms with Gasteiger partial charge in [-0.3, -0.25) is 4.79 Å². The lowest BCUT2D eigenvalue weighted by Crippen LogP contribution is -2.45. The van der Waals surface area contributed by atoms with E-state index in [9.17, 15) is 27.9 Å². The van der Waals surface area contributed by atoms with Crippen molar-refractivity contribution in [3.8, 4) is 5.75 Å². The van der Waals surface area contributed by atoms with Gasteiger partial charge in [-0.05, 0) is 50.7 Å². The van der Waals surface area contributed by atoms with Crippen molar-refractivity contribution in [1.29, 1.82) is 0 Å². The van der Waals surface area contributed by atoms with Crippen molar-refractivity contribution in [1.82, 2.24) is 4.98 Å². The molecule has 1 saturated carbocycles. The average Bonchev–Trinajstić information content (AvgIpc) is 3.51. The molecule has 8 nitrogen and oxygen atoms in total. The van der Waals surface area contributed by atoms with Crippen LogP contribution in [0.3, 0.4) is 0 Å². The first-order valence-corrected chi connectivity index (χ1v) is 13.0. The van der Waals surface area contributed by atoms with E-state index in [1.54, 1.807) is 0 Å². The third kappa shape index (κ3) is 5.59. The van der Waals surface area contributed by atoms with Gasteiger partial charge in [-0.1, -0.05) is 12.1 Å². The molecule has 1 aromatic heterocycles. The van der Waals surface area contributed by atoms with Gasteiger partial charge in [0.1, 0.15) is 5.75 Å². The summed E-state index contributed by atoms with van der Waals surface area (Å²) < 4.78 is 49.1. The summed E-state index contributed by atoms with van der Waals surface area (Å²) in [6.45, 7) is -0.105. The minimum atomic E-state index is -4.90. The third-order valence-electron chi connectivity index (χ3n) is 7.06. The minimum Gasteiger partial charge on any atom is -0.476 e. The van der Waals surface area contributed by atoms with Crippen LogP contribution in [0.15, 0.2) is 35.2 Å². The zero-order valence-electron chi connectivity index (χ0n) is 19.7. The lowest BCUT2D eigenvalue weighted by molar-refractivity contribution is -0.274. The number of hydrogen-bond donors (Lipinski definition) is 2. The molecule has 2 unspecified atom stereocenters. The fourth-order valence-corrected chi connectivity index (χ4v) is 6.14. The van der Waals surface area contributed by atoms with E-state index in [4.69, 9.17) is 10.5 Å². The first-order chi connectivity index (χ1) is 17.6. The lowest BCUT2D eigenvalue weighted by Gasteiger charge is -2.38. The van der Waals surface area contributed by atoms with Crippen molar-refractivity contribution in [2.45, 2.75) is 63.1 Å². The van der Waals surface area contributed by atoms with Crippen LogP contribution >= 0.6 is 11.3 Å². The monoisotopic (exact) mass is 537 g/mol. The van der Waals surface area contributed by atoms with E-state index in [0.717, 1.165) is 18.9 Å². The summed E-state index contributed by atoms with van der Waals surface area (Å²) in [7, 11) is 0. The Morgan fingerprint density at radius 3 is 2.41 bits per heavy atom. The molecule has 0 amide bonds. The normalized spacial score (nSPS) is 24.1. The molecule has 12 heteroatoms. The molecule has 1 aromatic carbocycles. The van der Waals surface area contributed by atoms with Gasteiger partial charge in [0.15, 0.2) is 16.6 Å². The highest BCUT2D eigenvalue weighted by molar-refractivity contribution is 7.14. The Morgan fingerprint density at radius 1 is 1.14 bits per heavy atom. The second-order valence-electron chi connectivity index (χ2n) is 9.59. The Labute approximate surface area is 214 Å². The van der Waals surface area contributed by atoms with Crippen LogP contribution < -0.4 is 15.4 Å². The standard InChI is InChI=1S/C25H26F3N3O5S/c26-25(27,28)36-20-4-2-1-3-17(20)21(29)18(22(32)13-5-6-13)11-35-16-9-14-7-8-15(10-16)31(14)24-30-19(12-37-24)23(33)34/h1-4,12-16H,5-11,29H2,(H,33,34)/t14-,15?,16?/m0/s1. The molecule has 2 aromatic rings. The fourth-order valence-electron chi connectivity index (χ4n) is 5.20. The highest BCUT2D eigenvalue weighted by atomic mass is 32.1. The fraction of sp³-hybridized carbons (Fsp3) is 0.480. The van der Waals surface area contributed by atoms with Gasteiger partial charge in [-0.25, -0.2) is 9.78 Å². The van der Waals surface area contributed by atoms with Gasteiger partial charge >= 0.3 is 12.3 Å². The van der Waals surface area contributed by atoms with E-state index < -0.39 is 18.1 Å². The molecule has 0 spiro atoms. The highest BCUT2D eigenvalue weighted by Gasteiger charge is 2.43.